The quantitative estimate of drug-likeness (QED) is 0.554. The number of anilines is 1. The van der Waals surface area contributed by atoms with Gasteiger partial charge in [-0.1, -0.05) is 50.2 Å². The number of rotatable bonds is 6. The molecule has 1 unspecified atom stereocenters. The highest BCUT2D eigenvalue weighted by Gasteiger charge is 2.29. The van der Waals surface area contributed by atoms with Crippen LogP contribution in [0.1, 0.15) is 49.4 Å². The van der Waals surface area contributed by atoms with Crippen LogP contribution in [0.25, 0.3) is 0 Å². The first-order chi connectivity index (χ1) is 14.2. The summed E-state index contributed by atoms with van der Waals surface area (Å²) in [7, 11) is 0. The fourth-order valence-corrected chi connectivity index (χ4v) is 4.25. The fourth-order valence-electron chi connectivity index (χ4n) is 4.25. The number of aromatic hydroxyl groups is 1. The van der Waals surface area contributed by atoms with Gasteiger partial charge in [-0.3, -0.25) is 0 Å². The molecule has 3 aromatic rings. The van der Waals surface area contributed by atoms with E-state index in [0.29, 0.717) is 5.75 Å². The van der Waals surface area contributed by atoms with Crippen LogP contribution in [-0.2, 0) is 6.42 Å². The maximum Gasteiger partial charge on any atom is 0.119 e. The molecule has 0 aliphatic carbocycles. The van der Waals surface area contributed by atoms with Crippen molar-refractivity contribution < 1.29 is 9.84 Å². The molecule has 0 radical (unpaired) electrons. The molecule has 0 saturated heterocycles. The monoisotopic (exact) mass is 387 g/mol. The van der Waals surface area contributed by atoms with E-state index in [-0.39, 0.29) is 12.1 Å². The molecule has 0 saturated carbocycles. The Bertz CT molecular complexity index is 933. The Morgan fingerprint density at radius 3 is 2.38 bits per heavy atom. The molecule has 3 aromatic carbocycles. The fraction of sp³-hybridized carbons (Fsp3) is 0.308. The molecule has 1 aliphatic rings. The number of phenols is 1. The van der Waals surface area contributed by atoms with Crippen LogP contribution < -0.4 is 9.64 Å². The van der Waals surface area contributed by atoms with Crippen molar-refractivity contribution in [3.63, 3.8) is 0 Å². The molecule has 4 rings (SSSR count). The third-order valence-electron chi connectivity index (χ3n) is 5.85. The zero-order valence-corrected chi connectivity index (χ0v) is 17.2. The van der Waals surface area contributed by atoms with Gasteiger partial charge >= 0.3 is 0 Å². The van der Waals surface area contributed by atoms with E-state index in [1.54, 1.807) is 6.07 Å². The van der Waals surface area contributed by atoms with E-state index in [1.165, 1.54) is 22.4 Å². The molecule has 0 amide bonds. The van der Waals surface area contributed by atoms with Crippen molar-refractivity contribution in [3.8, 4) is 11.5 Å². The largest absolute Gasteiger partial charge is 0.508 e. The van der Waals surface area contributed by atoms with Gasteiger partial charge in [0.15, 0.2) is 0 Å². The number of hydrogen-bond acceptors (Lipinski definition) is 3. The Morgan fingerprint density at radius 1 is 0.966 bits per heavy atom. The zero-order chi connectivity index (χ0) is 20.2. The number of phenolic OH excluding ortho intramolecular Hbond substituents is 1. The summed E-state index contributed by atoms with van der Waals surface area (Å²) in [5.41, 5.74) is 4.93. The van der Waals surface area contributed by atoms with E-state index in [0.717, 1.165) is 31.6 Å². The summed E-state index contributed by atoms with van der Waals surface area (Å²) in [6, 6.07) is 25.0. The first-order valence-electron chi connectivity index (χ1n) is 10.6. The van der Waals surface area contributed by atoms with Gasteiger partial charge in [0, 0.05) is 12.2 Å². The minimum atomic E-state index is 0.115. The molecule has 0 bridgehead atoms. The molecule has 0 spiro atoms. The SMILES string of the molecule is CCC(CC)Oc1ccc(C2c3ccc(O)cc3CCN2c2ccccc2)cc1. The van der Waals surface area contributed by atoms with Crippen molar-refractivity contribution in [2.24, 2.45) is 0 Å². The van der Waals surface area contributed by atoms with E-state index in [1.807, 2.05) is 6.07 Å². The molecule has 1 atom stereocenters. The smallest absolute Gasteiger partial charge is 0.119 e. The Labute approximate surface area is 173 Å². The normalized spacial score (nSPS) is 16.0. The minimum absolute atomic E-state index is 0.115. The average molecular weight is 388 g/mol. The third kappa shape index (κ3) is 4.09. The van der Waals surface area contributed by atoms with E-state index in [4.69, 9.17) is 4.74 Å². The molecule has 3 heteroatoms. The molecule has 1 heterocycles. The number of para-hydroxylation sites is 1. The Morgan fingerprint density at radius 2 is 1.69 bits per heavy atom. The van der Waals surface area contributed by atoms with Crippen LogP contribution in [0.3, 0.4) is 0 Å². The molecule has 0 aromatic heterocycles. The number of benzene rings is 3. The maximum atomic E-state index is 9.96. The molecule has 150 valence electrons. The molecule has 0 fully saturated rings. The average Bonchev–Trinajstić information content (AvgIpc) is 2.77. The summed E-state index contributed by atoms with van der Waals surface area (Å²) in [4.78, 5) is 2.45. The van der Waals surface area contributed by atoms with Gasteiger partial charge < -0.3 is 14.7 Å². The Balaban J connectivity index is 1.71. The van der Waals surface area contributed by atoms with Crippen LogP contribution in [-0.4, -0.2) is 17.8 Å². The van der Waals surface area contributed by atoms with Crippen molar-refractivity contribution in [3.05, 3.63) is 89.5 Å². The predicted molar refractivity (Wildman–Crippen MR) is 119 cm³/mol. The van der Waals surface area contributed by atoms with Crippen molar-refractivity contribution in [2.75, 3.05) is 11.4 Å². The molecule has 1 aliphatic heterocycles. The van der Waals surface area contributed by atoms with E-state index < -0.39 is 0 Å². The maximum absolute atomic E-state index is 9.96. The second-order valence-electron chi connectivity index (χ2n) is 7.69. The third-order valence-corrected chi connectivity index (χ3v) is 5.85. The lowest BCUT2D eigenvalue weighted by Crippen LogP contribution is -2.36. The predicted octanol–water partition coefficient (Wildman–Crippen LogP) is 6.11. The summed E-state index contributed by atoms with van der Waals surface area (Å²) >= 11 is 0. The summed E-state index contributed by atoms with van der Waals surface area (Å²) in [5.74, 6) is 1.26. The van der Waals surface area contributed by atoms with Gasteiger partial charge in [-0.05, 0) is 72.4 Å². The summed E-state index contributed by atoms with van der Waals surface area (Å²) < 4.78 is 6.11. The van der Waals surface area contributed by atoms with Gasteiger partial charge in [-0.15, -0.1) is 0 Å². The van der Waals surface area contributed by atoms with Gasteiger partial charge in [0.05, 0.1) is 12.1 Å². The number of fused-ring (bicyclic) bond motifs is 1. The van der Waals surface area contributed by atoms with Gasteiger partial charge in [0.25, 0.3) is 0 Å². The van der Waals surface area contributed by atoms with Gasteiger partial charge in [0.2, 0.25) is 0 Å². The number of ether oxygens (including phenoxy) is 1. The molecule has 3 nitrogen and oxygen atoms in total. The van der Waals surface area contributed by atoms with Crippen LogP contribution in [0.2, 0.25) is 0 Å². The number of nitrogens with zero attached hydrogens (tertiary/aromatic N) is 1. The molecule has 29 heavy (non-hydrogen) atoms. The van der Waals surface area contributed by atoms with Crippen LogP contribution in [0, 0.1) is 0 Å². The second-order valence-corrected chi connectivity index (χ2v) is 7.69. The van der Waals surface area contributed by atoms with Gasteiger partial charge in [-0.2, -0.15) is 0 Å². The lowest BCUT2D eigenvalue weighted by Gasteiger charge is -2.39. The molecular weight excluding hydrogens is 358 g/mol. The van der Waals surface area contributed by atoms with Crippen molar-refractivity contribution in [1.29, 1.82) is 0 Å². The van der Waals surface area contributed by atoms with Crippen molar-refractivity contribution in [2.45, 2.75) is 45.3 Å². The van der Waals surface area contributed by atoms with E-state index in [2.05, 4.69) is 79.4 Å². The van der Waals surface area contributed by atoms with Crippen LogP contribution in [0.5, 0.6) is 11.5 Å². The lowest BCUT2D eigenvalue weighted by atomic mass is 9.87. The number of hydrogen-bond donors (Lipinski definition) is 1. The zero-order valence-electron chi connectivity index (χ0n) is 17.2. The summed E-state index contributed by atoms with van der Waals surface area (Å²) in [6.07, 6.45) is 3.21. The van der Waals surface area contributed by atoms with Gasteiger partial charge in [-0.25, -0.2) is 0 Å². The van der Waals surface area contributed by atoms with Crippen LogP contribution in [0.15, 0.2) is 72.8 Å². The van der Waals surface area contributed by atoms with E-state index >= 15 is 0 Å². The minimum Gasteiger partial charge on any atom is -0.508 e. The standard InChI is InChI=1S/C26H29NO2/c1-3-23(4-2)29-24-13-10-19(11-14-24)26-25-15-12-22(28)18-20(25)16-17-27(26)21-8-6-5-7-9-21/h5-15,18,23,26,28H,3-4,16-17H2,1-2H3. The highest BCUT2D eigenvalue weighted by atomic mass is 16.5. The Hall–Kier alpha value is -2.94. The molecular formula is C26H29NO2. The van der Waals surface area contributed by atoms with Crippen molar-refractivity contribution >= 4 is 5.69 Å². The topological polar surface area (TPSA) is 32.7 Å². The summed E-state index contributed by atoms with van der Waals surface area (Å²) in [6.45, 7) is 5.24. The van der Waals surface area contributed by atoms with Crippen LogP contribution >= 0.6 is 0 Å². The van der Waals surface area contributed by atoms with Crippen LogP contribution in [0.4, 0.5) is 5.69 Å². The first-order valence-corrected chi connectivity index (χ1v) is 10.6. The highest BCUT2D eigenvalue weighted by Crippen LogP contribution is 2.39. The molecule has 1 N–H and O–H groups in total. The second kappa shape index (κ2) is 8.60. The van der Waals surface area contributed by atoms with E-state index in [9.17, 15) is 5.11 Å². The lowest BCUT2D eigenvalue weighted by molar-refractivity contribution is 0.193. The van der Waals surface area contributed by atoms with Gasteiger partial charge in [0.1, 0.15) is 11.5 Å². The summed E-state index contributed by atoms with van der Waals surface area (Å²) in [5, 5.41) is 9.96. The Kier molecular flexibility index (Phi) is 5.75. The first kappa shape index (κ1) is 19.4. The van der Waals surface area contributed by atoms with Crippen molar-refractivity contribution in [1.82, 2.24) is 0 Å². The highest BCUT2D eigenvalue weighted by molar-refractivity contribution is 5.57.